The van der Waals surface area contributed by atoms with E-state index in [0.717, 1.165) is 24.2 Å². The van der Waals surface area contributed by atoms with E-state index in [-0.39, 0.29) is 0 Å². The summed E-state index contributed by atoms with van der Waals surface area (Å²) in [6, 6.07) is 0. The molecule has 2 fully saturated rings. The molecule has 4 aliphatic rings. The Morgan fingerprint density at radius 2 is 1.87 bits per heavy atom. The fraction of sp³-hybridized carbons (Fsp3) is 0.727. The second kappa shape index (κ2) is 5.26. The Morgan fingerprint density at radius 1 is 1.09 bits per heavy atom. The van der Waals surface area contributed by atoms with Crippen LogP contribution in [0.25, 0.3) is 0 Å². The first kappa shape index (κ1) is 15.5. The van der Waals surface area contributed by atoms with Gasteiger partial charge in [-0.15, -0.1) is 0 Å². The Balaban J connectivity index is 1.70. The van der Waals surface area contributed by atoms with E-state index < -0.39 is 0 Å². The molecule has 0 aliphatic heterocycles. The number of rotatable bonds is 1. The molecule has 4 rings (SSSR count). The molecule has 2 saturated carbocycles. The van der Waals surface area contributed by atoms with Gasteiger partial charge >= 0.3 is 0 Å². The van der Waals surface area contributed by atoms with Gasteiger partial charge in [0.05, 0.1) is 12.9 Å². The Kier molecular flexibility index (Phi) is 3.55. The molecule has 0 heterocycles. The summed E-state index contributed by atoms with van der Waals surface area (Å²) < 4.78 is 5.55. The van der Waals surface area contributed by atoms with Gasteiger partial charge in [0.15, 0.2) is 0 Å². The van der Waals surface area contributed by atoms with Gasteiger partial charge in [-0.3, -0.25) is 0 Å². The molecule has 5 atom stereocenters. The average molecular weight is 312 g/mol. The third kappa shape index (κ3) is 2.04. The monoisotopic (exact) mass is 312 g/mol. The minimum atomic E-state index is 0.394. The zero-order valence-corrected chi connectivity index (χ0v) is 15.3. The van der Waals surface area contributed by atoms with Crippen molar-refractivity contribution in [1.29, 1.82) is 0 Å². The first-order chi connectivity index (χ1) is 11.0. The quantitative estimate of drug-likeness (QED) is 0.537. The molecule has 0 aromatic carbocycles. The topological polar surface area (TPSA) is 9.23 Å². The van der Waals surface area contributed by atoms with Gasteiger partial charge in [-0.2, -0.15) is 0 Å². The van der Waals surface area contributed by atoms with Crippen molar-refractivity contribution in [1.82, 2.24) is 0 Å². The lowest BCUT2D eigenvalue weighted by atomic mass is 9.48. The third-order valence-electron chi connectivity index (χ3n) is 8.19. The minimum absolute atomic E-state index is 0.394. The van der Waals surface area contributed by atoms with E-state index >= 15 is 0 Å². The van der Waals surface area contributed by atoms with Crippen LogP contribution in [0, 0.1) is 28.6 Å². The molecule has 4 aliphatic carbocycles. The highest BCUT2D eigenvalue weighted by Crippen LogP contribution is 2.65. The van der Waals surface area contributed by atoms with Gasteiger partial charge < -0.3 is 4.74 Å². The van der Waals surface area contributed by atoms with Crippen LogP contribution >= 0.6 is 0 Å². The summed E-state index contributed by atoms with van der Waals surface area (Å²) in [6.45, 7) is 7.38. The first-order valence-corrected chi connectivity index (χ1v) is 9.64. The standard InChI is InChI=1S/C22H32O/c1-5-15-7-9-19-18-8-6-16-14-17(23-4)10-12-22(16,3)20(18)11-13-21(15,19)2/h5-6,14,18-20H,7-13H2,1-4H3/t18-,19-,20-,21+,22-/m0/s1. The summed E-state index contributed by atoms with van der Waals surface area (Å²) >= 11 is 0. The smallest absolute Gasteiger partial charge is 0.0958 e. The van der Waals surface area contributed by atoms with Crippen molar-refractivity contribution in [2.75, 3.05) is 7.11 Å². The van der Waals surface area contributed by atoms with Crippen molar-refractivity contribution in [3.05, 3.63) is 35.1 Å². The van der Waals surface area contributed by atoms with E-state index in [0.29, 0.717) is 10.8 Å². The van der Waals surface area contributed by atoms with Crippen molar-refractivity contribution in [2.45, 2.75) is 65.7 Å². The highest BCUT2D eigenvalue weighted by Gasteiger charge is 2.56. The van der Waals surface area contributed by atoms with Crippen LogP contribution in [-0.2, 0) is 4.74 Å². The molecule has 0 aromatic rings. The van der Waals surface area contributed by atoms with Crippen LogP contribution in [0.1, 0.15) is 65.7 Å². The summed E-state index contributed by atoms with van der Waals surface area (Å²) in [4.78, 5) is 0. The summed E-state index contributed by atoms with van der Waals surface area (Å²) in [6.07, 6.45) is 16.6. The molecular formula is C22H32O. The molecule has 126 valence electrons. The van der Waals surface area contributed by atoms with Crippen LogP contribution < -0.4 is 0 Å². The predicted octanol–water partition coefficient (Wildman–Crippen LogP) is 6.04. The molecule has 0 amide bonds. The van der Waals surface area contributed by atoms with Gasteiger partial charge in [0.25, 0.3) is 0 Å². The SMILES string of the molecule is CC=C1CC[C@H]2[C@@H]3CC=C4C=C(OC)CC[C@]4(C)[C@H]3CC[C@]12C. The van der Waals surface area contributed by atoms with Crippen LogP contribution in [0.2, 0.25) is 0 Å². The maximum absolute atomic E-state index is 5.55. The van der Waals surface area contributed by atoms with E-state index in [4.69, 9.17) is 4.74 Å². The predicted molar refractivity (Wildman–Crippen MR) is 95.9 cm³/mol. The number of methoxy groups -OCH3 is 1. The molecule has 0 unspecified atom stereocenters. The van der Waals surface area contributed by atoms with Gasteiger partial charge in [-0.1, -0.05) is 31.6 Å². The summed E-state index contributed by atoms with van der Waals surface area (Å²) in [7, 11) is 1.82. The molecule has 1 heteroatoms. The van der Waals surface area contributed by atoms with Crippen molar-refractivity contribution in [2.24, 2.45) is 28.6 Å². The lowest BCUT2D eigenvalue weighted by molar-refractivity contribution is -0.00833. The number of fused-ring (bicyclic) bond motifs is 5. The fourth-order valence-electron chi connectivity index (χ4n) is 6.78. The third-order valence-corrected chi connectivity index (χ3v) is 8.19. The van der Waals surface area contributed by atoms with Crippen LogP contribution in [0.15, 0.2) is 35.1 Å². The molecule has 0 aromatic heterocycles. The van der Waals surface area contributed by atoms with Crippen molar-refractivity contribution >= 4 is 0 Å². The molecule has 1 nitrogen and oxygen atoms in total. The van der Waals surface area contributed by atoms with Gasteiger partial charge in [-0.25, -0.2) is 0 Å². The lowest BCUT2D eigenvalue weighted by Crippen LogP contribution is -2.48. The van der Waals surface area contributed by atoms with E-state index in [1.807, 2.05) is 7.11 Å². The molecule has 0 saturated heterocycles. The van der Waals surface area contributed by atoms with E-state index in [9.17, 15) is 0 Å². The van der Waals surface area contributed by atoms with Crippen LogP contribution in [0.3, 0.4) is 0 Å². The van der Waals surface area contributed by atoms with Crippen molar-refractivity contribution < 1.29 is 4.74 Å². The second-order valence-electron chi connectivity index (χ2n) is 8.81. The number of hydrogen-bond acceptors (Lipinski definition) is 1. The van der Waals surface area contributed by atoms with Crippen LogP contribution in [0.5, 0.6) is 0 Å². The summed E-state index contributed by atoms with van der Waals surface area (Å²) in [5, 5.41) is 0. The van der Waals surface area contributed by atoms with Gasteiger partial charge in [0.2, 0.25) is 0 Å². The number of ether oxygens (including phenoxy) is 1. The largest absolute Gasteiger partial charge is 0.501 e. The van der Waals surface area contributed by atoms with Crippen LogP contribution in [-0.4, -0.2) is 7.11 Å². The van der Waals surface area contributed by atoms with E-state index in [1.54, 1.807) is 11.1 Å². The maximum atomic E-state index is 5.55. The highest BCUT2D eigenvalue weighted by atomic mass is 16.5. The molecule has 0 bridgehead atoms. The fourth-order valence-corrected chi connectivity index (χ4v) is 6.78. The highest BCUT2D eigenvalue weighted by molar-refractivity contribution is 5.36. The van der Waals surface area contributed by atoms with Gasteiger partial charge in [0.1, 0.15) is 0 Å². The Labute approximate surface area is 141 Å². The van der Waals surface area contributed by atoms with Gasteiger partial charge in [0, 0.05) is 6.42 Å². The second-order valence-corrected chi connectivity index (χ2v) is 8.81. The zero-order valence-electron chi connectivity index (χ0n) is 15.3. The molecule has 0 radical (unpaired) electrons. The first-order valence-electron chi connectivity index (χ1n) is 9.64. The number of hydrogen-bond donors (Lipinski definition) is 0. The van der Waals surface area contributed by atoms with Crippen molar-refractivity contribution in [3.63, 3.8) is 0 Å². The normalized spacial score (nSPS) is 47.3. The molecule has 23 heavy (non-hydrogen) atoms. The maximum Gasteiger partial charge on any atom is 0.0958 e. The Morgan fingerprint density at radius 3 is 2.61 bits per heavy atom. The number of allylic oxidation sites excluding steroid dienone is 6. The Hall–Kier alpha value is -0.980. The lowest BCUT2D eigenvalue weighted by Gasteiger charge is -2.56. The average Bonchev–Trinajstić information content (AvgIpc) is 2.90. The molecule has 0 N–H and O–H groups in total. The van der Waals surface area contributed by atoms with E-state index in [2.05, 4.69) is 39.0 Å². The van der Waals surface area contributed by atoms with Crippen molar-refractivity contribution in [3.8, 4) is 0 Å². The Bertz CT molecular complexity index is 595. The van der Waals surface area contributed by atoms with Gasteiger partial charge in [-0.05, 0) is 85.7 Å². The zero-order chi connectivity index (χ0) is 16.2. The molecular weight excluding hydrogens is 280 g/mol. The minimum Gasteiger partial charge on any atom is -0.501 e. The summed E-state index contributed by atoms with van der Waals surface area (Å²) in [5.74, 6) is 3.88. The summed E-state index contributed by atoms with van der Waals surface area (Å²) in [5.41, 5.74) is 4.23. The molecule has 0 spiro atoms. The van der Waals surface area contributed by atoms with Crippen LogP contribution in [0.4, 0.5) is 0 Å². The van der Waals surface area contributed by atoms with E-state index in [1.165, 1.54) is 44.3 Å².